The zero-order chi connectivity index (χ0) is 18.6. The van der Waals surface area contributed by atoms with Crippen LogP contribution in [0.5, 0.6) is 11.5 Å². The molecule has 5 nitrogen and oxygen atoms in total. The molecule has 0 aliphatic rings. The summed E-state index contributed by atoms with van der Waals surface area (Å²) in [4.78, 5) is 3.83. The molecular weight excluding hydrogens is 427 g/mol. The van der Waals surface area contributed by atoms with E-state index in [2.05, 4.69) is 25.7 Å². The van der Waals surface area contributed by atoms with E-state index in [0.717, 1.165) is 12.1 Å². The number of hydrogen-bond acceptors (Lipinski definition) is 4. The summed E-state index contributed by atoms with van der Waals surface area (Å²) in [5, 5.41) is 7.93. The van der Waals surface area contributed by atoms with Gasteiger partial charge in [0.25, 0.3) is 0 Å². The van der Waals surface area contributed by atoms with Gasteiger partial charge in [0.1, 0.15) is 23.6 Å². The van der Waals surface area contributed by atoms with E-state index < -0.39 is 12.1 Å². The van der Waals surface area contributed by atoms with E-state index in [-0.39, 0.29) is 22.9 Å². The lowest BCUT2D eigenvalue weighted by Crippen LogP contribution is -2.20. The predicted molar refractivity (Wildman–Crippen MR) is 90.3 cm³/mol. The van der Waals surface area contributed by atoms with Crippen molar-refractivity contribution in [3.05, 3.63) is 51.0 Å². The molecule has 2 aromatic rings. The van der Waals surface area contributed by atoms with Crippen molar-refractivity contribution in [2.75, 3.05) is 7.05 Å². The molecule has 0 radical (unpaired) electrons. The first kappa shape index (κ1) is 19.3. The maximum Gasteiger partial charge on any atom is 0.573 e. The molecule has 2 rings (SSSR count). The van der Waals surface area contributed by atoms with Crippen LogP contribution in [0.15, 0.2) is 39.9 Å². The van der Waals surface area contributed by atoms with Crippen molar-refractivity contribution in [3.8, 4) is 11.5 Å². The van der Waals surface area contributed by atoms with Crippen molar-refractivity contribution in [1.29, 1.82) is 5.41 Å². The molecular formula is C15H12BrClF3N3O2. The number of hydrogen-bond donors (Lipinski definition) is 1. The Hall–Kier alpha value is -2.00. The molecule has 0 unspecified atom stereocenters. The minimum Gasteiger partial charge on any atom is -0.489 e. The first-order valence-corrected chi connectivity index (χ1v) is 7.91. The van der Waals surface area contributed by atoms with Crippen LogP contribution < -0.4 is 15.0 Å². The van der Waals surface area contributed by atoms with Crippen LogP contribution in [-0.4, -0.2) is 24.3 Å². The third-order valence-electron chi connectivity index (χ3n) is 2.86. The number of rotatable bonds is 5. The summed E-state index contributed by atoms with van der Waals surface area (Å²) >= 11 is 9.14. The van der Waals surface area contributed by atoms with Crippen LogP contribution in [0, 0.1) is 5.41 Å². The van der Waals surface area contributed by atoms with Crippen molar-refractivity contribution in [2.24, 2.45) is 4.99 Å². The first-order chi connectivity index (χ1) is 11.7. The number of nitrogens with one attached hydrogen (secondary N) is 1. The Balaban J connectivity index is 2.19. The molecule has 0 saturated heterocycles. The number of pyridine rings is 1. The van der Waals surface area contributed by atoms with Crippen LogP contribution in [0.1, 0.15) is 5.56 Å². The van der Waals surface area contributed by atoms with Crippen LogP contribution in [0.2, 0.25) is 5.02 Å². The maximum absolute atomic E-state index is 12.3. The second kappa shape index (κ2) is 7.92. The molecule has 0 saturated carbocycles. The highest BCUT2D eigenvalue weighted by molar-refractivity contribution is 9.10. The molecule has 1 aromatic heterocycles. The summed E-state index contributed by atoms with van der Waals surface area (Å²) in [6, 6.07) is 5.04. The van der Waals surface area contributed by atoms with E-state index >= 15 is 0 Å². The highest BCUT2D eigenvalue weighted by atomic mass is 79.9. The topological polar surface area (TPSA) is 59.6 Å². The van der Waals surface area contributed by atoms with Crippen molar-refractivity contribution in [2.45, 2.75) is 13.0 Å². The average molecular weight is 439 g/mol. The molecule has 0 aliphatic carbocycles. The van der Waals surface area contributed by atoms with E-state index in [4.69, 9.17) is 21.7 Å². The minimum atomic E-state index is -4.82. The lowest BCUT2D eigenvalue weighted by molar-refractivity contribution is -0.274. The van der Waals surface area contributed by atoms with Gasteiger partial charge in [-0.15, -0.1) is 13.2 Å². The summed E-state index contributed by atoms with van der Waals surface area (Å²) in [7, 11) is 1.58. The van der Waals surface area contributed by atoms with Gasteiger partial charge in [0.2, 0.25) is 0 Å². The third kappa shape index (κ3) is 5.79. The Labute approximate surface area is 154 Å². The van der Waals surface area contributed by atoms with Crippen molar-refractivity contribution < 1.29 is 22.6 Å². The maximum atomic E-state index is 12.3. The van der Waals surface area contributed by atoms with Gasteiger partial charge in [-0.3, -0.25) is 15.0 Å². The first-order valence-electron chi connectivity index (χ1n) is 6.74. The van der Waals surface area contributed by atoms with E-state index in [1.807, 2.05) is 0 Å². The fourth-order valence-electron chi connectivity index (χ4n) is 1.89. The second-order valence-corrected chi connectivity index (χ2v) is 6.06. The molecule has 0 bridgehead atoms. The van der Waals surface area contributed by atoms with Crippen LogP contribution in [0.4, 0.5) is 13.2 Å². The zero-order valence-corrected chi connectivity index (χ0v) is 15.1. The average Bonchev–Trinajstić information content (AvgIpc) is 2.47. The van der Waals surface area contributed by atoms with E-state index in [0.29, 0.717) is 10.0 Å². The van der Waals surface area contributed by atoms with E-state index in [9.17, 15) is 13.2 Å². The van der Waals surface area contributed by atoms with Crippen LogP contribution >= 0.6 is 27.5 Å². The van der Waals surface area contributed by atoms with Gasteiger partial charge in [-0.05, 0) is 34.1 Å². The van der Waals surface area contributed by atoms with Crippen molar-refractivity contribution in [1.82, 2.24) is 4.57 Å². The quantitative estimate of drug-likeness (QED) is 0.557. The number of aliphatic imine (C=N–C) groups is 1. The third-order valence-corrected chi connectivity index (χ3v) is 3.79. The molecule has 0 atom stereocenters. The normalized spacial score (nSPS) is 11.8. The predicted octanol–water partition coefficient (Wildman–Crippen LogP) is 4.37. The number of aromatic nitrogens is 1. The molecule has 25 heavy (non-hydrogen) atoms. The summed E-state index contributed by atoms with van der Waals surface area (Å²) < 4.78 is 48.4. The summed E-state index contributed by atoms with van der Waals surface area (Å²) in [5.41, 5.74) is 0.795. The van der Waals surface area contributed by atoms with Gasteiger partial charge in [-0.25, -0.2) is 0 Å². The van der Waals surface area contributed by atoms with E-state index in [1.165, 1.54) is 17.0 Å². The second-order valence-electron chi connectivity index (χ2n) is 4.77. The SMILES string of the molecule is CN=Cn1cc(Br)c(COc2cc(Cl)cc(OC(F)(F)F)c2)cc1=N. The lowest BCUT2D eigenvalue weighted by atomic mass is 10.2. The monoisotopic (exact) mass is 437 g/mol. The molecule has 0 fully saturated rings. The molecule has 0 amide bonds. The van der Waals surface area contributed by atoms with Crippen LogP contribution in [-0.2, 0) is 6.61 Å². The molecule has 1 heterocycles. The summed E-state index contributed by atoms with van der Waals surface area (Å²) in [6.45, 7) is 0.0162. The molecule has 134 valence electrons. The summed E-state index contributed by atoms with van der Waals surface area (Å²) in [6.07, 6.45) is -1.72. The molecule has 10 heteroatoms. The van der Waals surface area contributed by atoms with Gasteiger partial charge in [0.05, 0.1) is 6.34 Å². The largest absolute Gasteiger partial charge is 0.573 e. The fourth-order valence-corrected chi connectivity index (χ4v) is 2.55. The number of halogens is 5. The van der Waals surface area contributed by atoms with Crippen LogP contribution in [0.3, 0.4) is 0 Å². The van der Waals surface area contributed by atoms with Gasteiger partial charge in [-0.1, -0.05) is 11.6 Å². The molecule has 1 N–H and O–H groups in total. The Morgan fingerprint density at radius 1 is 1.28 bits per heavy atom. The highest BCUT2D eigenvalue weighted by Gasteiger charge is 2.31. The number of benzene rings is 1. The molecule has 0 aliphatic heterocycles. The van der Waals surface area contributed by atoms with E-state index in [1.54, 1.807) is 19.3 Å². The van der Waals surface area contributed by atoms with Crippen molar-refractivity contribution >= 4 is 33.9 Å². The number of nitrogens with zero attached hydrogens (tertiary/aromatic N) is 2. The zero-order valence-electron chi connectivity index (χ0n) is 12.8. The fraction of sp³-hybridized carbons (Fsp3) is 0.200. The lowest BCUT2D eigenvalue weighted by Gasteiger charge is -2.13. The van der Waals surface area contributed by atoms with Gasteiger partial charge in [0.15, 0.2) is 0 Å². The minimum absolute atomic E-state index is 0.0162. The Morgan fingerprint density at radius 3 is 2.60 bits per heavy atom. The van der Waals surface area contributed by atoms with Crippen LogP contribution in [0.25, 0.3) is 0 Å². The number of alkyl halides is 3. The molecule has 0 spiro atoms. The Morgan fingerprint density at radius 2 is 1.96 bits per heavy atom. The van der Waals surface area contributed by atoms with Crippen molar-refractivity contribution in [3.63, 3.8) is 0 Å². The van der Waals surface area contributed by atoms with Gasteiger partial charge < -0.3 is 9.47 Å². The van der Waals surface area contributed by atoms with Gasteiger partial charge in [0, 0.05) is 34.4 Å². The van der Waals surface area contributed by atoms with Gasteiger partial charge in [-0.2, -0.15) is 0 Å². The summed E-state index contributed by atoms with van der Waals surface area (Å²) in [5.74, 6) is -0.364. The standard InChI is InChI=1S/C15H12BrClF3N3O2/c1-22-8-23-6-13(16)9(2-14(23)21)7-24-11-3-10(17)4-12(5-11)25-15(18,19)20/h2-6,8,21H,7H2,1H3. The highest BCUT2D eigenvalue weighted by Crippen LogP contribution is 2.30. The Kier molecular flexibility index (Phi) is 6.12. The smallest absolute Gasteiger partial charge is 0.489 e. The molecule has 1 aromatic carbocycles. The number of ether oxygens (including phenoxy) is 2. The Bertz CT molecular complexity index is 853. The van der Waals surface area contributed by atoms with Gasteiger partial charge >= 0.3 is 6.36 Å².